The number of hydrogen-bond donors (Lipinski definition) is 1. The predicted molar refractivity (Wildman–Crippen MR) is 70.1 cm³/mol. The molecule has 5 nitrogen and oxygen atoms in total. The standard InChI is InChI=1S/C10H20NO4PS/c1-5-13-16(12,14-6-2)9-8(7(3)4)15-10(17)11-9/h7-9H,5-6H2,1-4H3,(H,11,17)/t8-,9+/m0/s1. The zero-order valence-electron chi connectivity index (χ0n) is 10.6. The minimum Gasteiger partial charge on any atom is -0.465 e. The molecule has 1 saturated heterocycles. The predicted octanol–water partition coefficient (Wildman–Crippen LogP) is 2.51. The number of thiocarbonyl (C=S) groups is 1. The van der Waals surface area contributed by atoms with Gasteiger partial charge in [-0.1, -0.05) is 13.8 Å². The fourth-order valence-corrected chi connectivity index (χ4v) is 4.22. The second-order valence-electron chi connectivity index (χ2n) is 4.08. The largest absolute Gasteiger partial charge is 0.465 e. The van der Waals surface area contributed by atoms with Crippen molar-refractivity contribution in [2.75, 3.05) is 13.2 Å². The molecule has 1 fully saturated rings. The van der Waals surface area contributed by atoms with Crippen LogP contribution in [0.25, 0.3) is 0 Å². The summed E-state index contributed by atoms with van der Waals surface area (Å²) in [5, 5.41) is 3.15. The van der Waals surface area contributed by atoms with Gasteiger partial charge in [0.05, 0.1) is 13.2 Å². The third-order valence-electron chi connectivity index (χ3n) is 2.44. The van der Waals surface area contributed by atoms with E-state index in [1.165, 1.54) is 0 Å². The van der Waals surface area contributed by atoms with E-state index in [4.69, 9.17) is 26.0 Å². The molecule has 1 N–H and O–H groups in total. The van der Waals surface area contributed by atoms with Crippen LogP contribution in [-0.2, 0) is 18.3 Å². The van der Waals surface area contributed by atoms with Gasteiger partial charge in [-0.3, -0.25) is 4.57 Å². The Bertz CT molecular complexity index is 313. The molecule has 100 valence electrons. The lowest BCUT2D eigenvalue weighted by Crippen LogP contribution is -2.35. The van der Waals surface area contributed by atoms with Gasteiger partial charge in [-0.15, -0.1) is 0 Å². The lowest BCUT2D eigenvalue weighted by Gasteiger charge is -2.27. The van der Waals surface area contributed by atoms with Gasteiger partial charge in [-0.05, 0) is 32.0 Å². The van der Waals surface area contributed by atoms with Crippen molar-refractivity contribution in [3.05, 3.63) is 0 Å². The van der Waals surface area contributed by atoms with E-state index in [0.717, 1.165) is 0 Å². The van der Waals surface area contributed by atoms with Crippen LogP contribution in [-0.4, -0.2) is 30.3 Å². The maximum atomic E-state index is 12.6. The second-order valence-corrected chi connectivity index (χ2v) is 6.60. The lowest BCUT2D eigenvalue weighted by molar-refractivity contribution is 0.144. The summed E-state index contributed by atoms with van der Waals surface area (Å²) in [5.41, 5.74) is 0. The van der Waals surface area contributed by atoms with Crippen molar-refractivity contribution >= 4 is 25.0 Å². The molecule has 1 aliphatic heterocycles. The van der Waals surface area contributed by atoms with Crippen LogP contribution in [0.5, 0.6) is 0 Å². The van der Waals surface area contributed by atoms with Crippen molar-refractivity contribution in [2.24, 2.45) is 5.92 Å². The summed E-state index contributed by atoms with van der Waals surface area (Å²) in [7, 11) is -3.24. The molecular formula is C10H20NO4PS. The van der Waals surface area contributed by atoms with Gasteiger partial charge in [0.25, 0.3) is 5.17 Å². The fraction of sp³-hybridized carbons (Fsp3) is 0.900. The number of nitrogens with one attached hydrogen (secondary N) is 1. The third-order valence-corrected chi connectivity index (χ3v) is 4.99. The van der Waals surface area contributed by atoms with E-state index in [1.807, 2.05) is 13.8 Å². The average Bonchev–Trinajstić information content (AvgIpc) is 2.62. The Morgan fingerprint density at radius 1 is 1.41 bits per heavy atom. The molecule has 0 spiro atoms. The minimum atomic E-state index is -3.24. The molecule has 0 bridgehead atoms. The smallest absolute Gasteiger partial charge is 0.356 e. The maximum Gasteiger partial charge on any atom is 0.356 e. The first-order valence-electron chi connectivity index (χ1n) is 5.80. The van der Waals surface area contributed by atoms with E-state index in [-0.39, 0.29) is 17.2 Å². The molecule has 7 heteroatoms. The van der Waals surface area contributed by atoms with Crippen LogP contribution in [0.2, 0.25) is 0 Å². The molecule has 0 amide bonds. The van der Waals surface area contributed by atoms with Crippen molar-refractivity contribution in [3.63, 3.8) is 0 Å². The van der Waals surface area contributed by atoms with Gasteiger partial charge in [0.2, 0.25) is 0 Å². The van der Waals surface area contributed by atoms with Crippen LogP contribution >= 0.6 is 19.8 Å². The summed E-state index contributed by atoms with van der Waals surface area (Å²) in [5.74, 6) is -0.350. The van der Waals surface area contributed by atoms with Gasteiger partial charge in [0.15, 0.2) is 5.78 Å². The number of ether oxygens (including phenoxy) is 1. The Labute approximate surface area is 108 Å². The maximum absolute atomic E-state index is 12.6. The SMILES string of the molecule is CCOP(=O)(OCC)[C@H]1NC(=S)O[C@H]1C(C)C. The average molecular weight is 281 g/mol. The van der Waals surface area contributed by atoms with Gasteiger partial charge in [0, 0.05) is 0 Å². The lowest BCUT2D eigenvalue weighted by atomic mass is 10.1. The first-order chi connectivity index (χ1) is 7.94. The van der Waals surface area contributed by atoms with Gasteiger partial charge in [-0.25, -0.2) is 0 Å². The highest BCUT2D eigenvalue weighted by atomic mass is 32.1. The highest BCUT2D eigenvalue weighted by molar-refractivity contribution is 7.80. The van der Waals surface area contributed by atoms with Crippen molar-refractivity contribution in [1.29, 1.82) is 0 Å². The molecule has 1 aliphatic rings. The molecule has 1 rings (SSSR count). The van der Waals surface area contributed by atoms with Crippen LogP contribution in [0.15, 0.2) is 0 Å². The minimum absolute atomic E-state index is 0.169. The first kappa shape index (κ1) is 14.9. The highest BCUT2D eigenvalue weighted by Gasteiger charge is 2.48. The molecule has 0 unspecified atom stereocenters. The summed E-state index contributed by atoms with van der Waals surface area (Å²) >= 11 is 4.96. The van der Waals surface area contributed by atoms with Crippen molar-refractivity contribution in [3.8, 4) is 0 Å². The molecular weight excluding hydrogens is 261 g/mol. The molecule has 1 heterocycles. The van der Waals surface area contributed by atoms with Crippen LogP contribution < -0.4 is 5.32 Å². The molecule has 0 saturated carbocycles. The first-order valence-corrected chi connectivity index (χ1v) is 7.82. The van der Waals surface area contributed by atoms with E-state index in [2.05, 4.69) is 5.32 Å². The van der Waals surface area contributed by atoms with E-state index >= 15 is 0 Å². The van der Waals surface area contributed by atoms with Crippen LogP contribution in [0, 0.1) is 5.92 Å². The van der Waals surface area contributed by atoms with Crippen LogP contribution in [0.1, 0.15) is 27.7 Å². The molecule has 17 heavy (non-hydrogen) atoms. The van der Waals surface area contributed by atoms with Gasteiger partial charge in [-0.2, -0.15) is 0 Å². The number of rotatable bonds is 6. The van der Waals surface area contributed by atoms with Gasteiger partial charge < -0.3 is 19.1 Å². The molecule has 0 radical (unpaired) electrons. The molecule has 0 aromatic heterocycles. The van der Waals surface area contributed by atoms with Crippen molar-refractivity contribution in [2.45, 2.75) is 39.6 Å². The molecule has 0 aliphatic carbocycles. The van der Waals surface area contributed by atoms with Gasteiger partial charge >= 0.3 is 7.60 Å². The summed E-state index contributed by atoms with van der Waals surface area (Å²) in [6, 6.07) is 0. The Hall–Kier alpha value is -0.160. The summed E-state index contributed by atoms with van der Waals surface area (Å²) < 4.78 is 28.7. The van der Waals surface area contributed by atoms with Crippen LogP contribution in [0.3, 0.4) is 0 Å². The molecule has 0 aromatic rings. The Kier molecular flexibility index (Phi) is 5.38. The highest BCUT2D eigenvalue weighted by Crippen LogP contribution is 2.55. The summed E-state index contributed by atoms with van der Waals surface area (Å²) in [4.78, 5) is 0. The Balaban J connectivity index is 2.92. The normalized spacial score (nSPS) is 24.9. The zero-order valence-corrected chi connectivity index (χ0v) is 12.3. The van der Waals surface area contributed by atoms with Crippen LogP contribution in [0.4, 0.5) is 0 Å². The number of hydrogen-bond acceptors (Lipinski definition) is 5. The Morgan fingerprint density at radius 3 is 2.35 bits per heavy atom. The van der Waals surface area contributed by atoms with E-state index in [1.54, 1.807) is 13.8 Å². The molecule has 0 aromatic carbocycles. The Morgan fingerprint density at radius 2 is 1.94 bits per heavy atom. The van der Waals surface area contributed by atoms with Gasteiger partial charge in [0.1, 0.15) is 6.10 Å². The van der Waals surface area contributed by atoms with E-state index in [0.29, 0.717) is 13.2 Å². The fourth-order valence-electron chi connectivity index (χ4n) is 1.74. The molecule has 2 atom stereocenters. The zero-order chi connectivity index (χ0) is 13.1. The van der Waals surface area contributed by atoms with E-state index < -0.39 is 13.4 Å². The monoisotopic (exact) mass is 281 g/mol. The summed E-state index contributed by atoms with van der Waals surface area (Å²) in [6.45, 7) is 8.18. The van der Waals surface area contributed by atoms with Crippen molar-refractivity contribution < 1.29 is 18.3 Å². The van der Waals surface area contributed by atoms with E-state index in [9.17, 15) is 4.57 Å². The van der Waals surface area contributed by atoms with Crippen molar-refractivity contribution in [1.82, 2.24) is 5.32 Å². The second kappa shape index (κ2) is 6.14. The quantitative estimate of drug-likeness (QED) is 0.596. The topological polar surface area (TPSA) is 56.8 Å². The third kappa shape index (κ3) is 3.41. The summed E-state index contributed by atoms with van der Waals surface area (Å²) in [6.07, 6.45) is -0.286.